The Morgan fingerprint density at radius 2 is 1.90 bits per heavy atom. The summed E-state index contributed by atoms with van der Waals surface area (Å²) in [6.07, 6.45) is 3.13. The molecule has 0 bridgehead atoms. The molecule has 7 nitrogen and oxygen atoms in total. The lowest BCUT2D eigenvalue weighted by molar-refractivity contribution is -0.123. The van der Waals surface area contributed by atoms with E-state index in [1.807, 2.05) is 0 Å². The number of carbonyl (C=O) groups is 1. The van der Waals surface area contributed by atoms with Gasteiger partial charge in [0.25, 0.3) is 5.91 Å². The van der Waals surface area contributed by atoms with Gasteiger partial charge in [0.1, 0.15) is 11.6 Å². The zero-order valence-electron chi connectivity index (χ0n) is 16.7. The van der Waals surface area contributed by atoms with E-state index in [0.29, 0.717) is 23.5 Å². The van der Waals surface area contributed by atoms with Gasteiger partial charge in [0, 0.05) is 13.2 Å². The topological polar surface area (TPSA) is 84.9 Å². The Balaban J connectivity index is 1.57. The summed E-state index contributed by atoms with van der Waals surface area (Å²) in [5.41, 5.74) is 1.10. The second-order valence-electron chi connectivity index (χ2n) is 7.12. The first-order valence-corrected chi connectivity index (χ1v) is 11.5. The molecule has 0 aliphatic carbocycles. The van der Waals surface area contributed by atoms with Crippen LogP contribution in [0.25, 0.3) is 0 Å². The van der Waals surface area contributed by atoms with Crippen LogP contribution in [0, 0.1) is 5.82 Å². The van der Waals surface area contributed by atoms with Crippen LogP contribution in [0.3, 0.4) is 0 Å². The van der Waals surface area contributed by atoms with E-state index in [-0.39, 0.29) is 31.0 Å². The van der Waals surface area contributed by atoms with Gasteiger partial charge >= 0.3 is 0 Å². The molecule has 1 fully saturated rings. The minimum atomic E-state index is -3.56. The molecule has 1 heterocycles. The van der Waals surface area contributed by atoms with Crippen molar-refractivity contribution in [2.24, 2.45) is 0 Å². The molecule has 30 heavy (non-hydrogen) atoms. The molecule has 1 amide bonds. The van der Waals surface area contributed by atoms with Crippen molar-refractivity contribution in [2.45, 2.75) is 25.5 Å². The van der Waals surface area contributed by atoms with Crippen molar-refractivity contribution >= 4 is 21.6 Å². The van der Waals surface area contributed by atoms with E-state index in [4.69, 9.17) is 9.47 Å². The Labute approximate surface area is 175 Å². The number of carbonyl (C=O) groups excluding carboxylic acids is 1. The van der Waals surface area contributed by atoms with Crippen LogP contribution >= 0.6 is 0 Å². The van der Waals surface area contributed by atoms with E-state index in [1.165, 1.54) is 16.4 Å². The summed E-state index contributed by atoms with van der Waals surface area (Å²) < 4.78 is 49.7. The van der Waals surface area contributed by atoms with Gasteiger partial charge in [-0.25, -0.2) is 12.8 Å². The van der Waals surface area contributed by atoms with Crippen LogP contribution in [0.15, 0.2) is 48.5 Å². The molecule has 162 valence electrons. The van der Waals surface area contributed by atoms with Gasteiger partial charge in [0.2, 0.25) is 10.0 Å². The highest BCUT2D eigenvalue weighted by Gasteiger charge is 2.19. The number of ether oxygens (including phenoxy) is 2. The summed E-state index contributed by atoms with van der Waals surface area (Å²) in [4.78, 5) is 11.9. The smallest absolute Gasteiger partial charge is 0.258 e. The molecule has 1 aliphatic heterocycles. The largest absolute Gasteiger partial charge is 0.484 e. The Bertz CT molecular complexity index is 942. The number of anilines is 1. The molecule has 3 rings (SSSR count). The van der Waals surface area contributed by atoms with Gasteiger partial charge in [-0.1, -0.05) is 12.1 Å². The second kappa shape index (κ2) is 9.90. The average molecular weight is 437 g/mol. The van der Waals surface area contributed by atoms with Crippen LogP contribution < -0.4 is 14.4 Å². The monoisotopic (exact) mass is 436 g/mol. The maximum Gasteiger partial charge on any atom is 0.258 e. The predicted octanol–water partition coefficient (Wildman–Crippen LogP) is 2.47. The van der Waals surface area contributed by atoms with Crippen LogP contribution in [-0.2, 0) is 26.1 Å². The third-order valence-corrected chi connectivity index (χ3v) is 5.83. The summed E-state index contributed by atoms with van der Waals surface area (Å²) in [6, 6.07) is 12.1. The zero-order chi connectivity index (χ0) is 21.6. The Hall–Kier alpha value is -2.65. The molecule has 0 spiro atoms. The van der Waals surface area contributed by atoms with Crippen molar-refractivity contribution < 1.29 is 27.1 Å². The molecule has 2 aromatic carbocycles. The van der Waals surface area contributed by atoms with Gasteiger partial charge in [-0.15, -0.1) is 0 Å². The zero-order valence-corrected chi connectivity index (χ0v) is 17.5. The summed E-state index contributed by atoms with van der Waals surface area (Å²) in [5, 5.41) is 2.77. The standard InChI is InChI=1S/C21H25FN2O5S/c1-30(26,27)24(14-16-4-6-17(22)7-5-16)18-8-10-19(11-9-18)29-15-21(25)23-13-20-3-2-12-28-20/h4-11,20H,2-3,12-15H2,1H3,(H,23,25)/t20-/m1/s1. The number of rotatable bonds is 9. The van der Waals surface area contributed by atoms with Gasteiger partial charge in [-0.05, 0) is 54.8 Å². The second-order valence-corrected chi connectivity index (χ2v) is 9.02. The molecule has 1 aliphatic rings. The molecule has 0 radical (unpaired) electrons. The van der Waals surface area contributed by atoms with E-state index in [2.05, 4.69) is 5.32 Å². The van der Waals surface area contributed by atoms with Crippen LogP contribution in [0.5, 0.6) is 5.75 Å². The normalized spacial score (nSPS) is 16.3. The van der Waals surface area contributed by atoms with Gasteiger partial charge in [0.15, 0.2) is 6.61 Å². The number of nitrogens with one attached hydrogen (secondary N) is 1. The van der Waals surface area contributed by atoms with E-state index in [1.54, 1.807) is 36.4 Å². The van der Waals surface area contributed by atoms with E-state index in [0.717, 1.165) is 25.7 Å². The van der Waals surface area contributed by atoms with Gasteiger partial charge < -0.3 is 14.8 Å². The number of nitrogens with zero attached hydrogens (tertiary/aromatic N) is 1. The molecule has 2 aromatic rings. The molecular weight excluding hydrogens is 411 g/mol. The molecule has 9 heteroatoms. The molecule has 0 aromatic heterocycles. The van der Waals surface area contributed by atoms with Gasteiger partial charge in [-0.2, -0.15) is 0 Å². The maximum atomic E-state index is 13.1. The quantitative estimate of drug-likeness (QED) is 0.653. The average Bonchev–Trinajstić information content (AvgIpc) is 3.23. The predicted molar refractivity (Wildman–Crippen MR) is 111 cm³/mol. The summed E-state index contributed by atoms with van der Waals surface area (Å²) in [6.45, 7) is 1.13. The molecular formula is C21H25FN2O5S. The molecule has 0 unspecified atom stereocenters. The highest BCUT2D eigenvalue weighted by Crippen LogP contribution is 2.24. The highest BCUT2D eigenvalue weighted by molar-refractivity contribution is 7.92. The fourth-order valence-electron chi connectivity index (χ4n) is 3.10. The highest BCUT2D eigenvalue weighted by atomic mass is 32.2. The maximum absolute atomic E-state index is 13.1. The van der Waals surface area contributed by atoms with Crippen molar-refractivity contribution in [3.05, 3.63) is 59.9 Å². The third kappa shape index (κ3) is 6.43. The van der Waals surface area contributed by atoms with Crippen LogP contribution in [0.2, 0.25) is 0 Å². The van der Waals surface area contributed by atoms with E-state index < -0.39 is 10.0 Å². The van der Waals surface area contributed by atoms with Crippen molar-refractivity contribution in [1.82, 2.24) is 5.32 Å². The molecule has 1 atom stereocenters. The third-order valence-electron chi connectivity index (χ3n) is 4.69. The SMILES string of the molecule is CS(=O)(=O)N(Cc1ccc(F)cc1)c1ccc(OCC(=O)NC[C@H]2CCCO2)cc1. The summed E-state index contributed by atoms with van der Waals surface area (Å²) in [7, 11) is -3.56. The van der Waals surface area contributed by atoms with E-state index in [9.17, 15) is 17.6 Å². The van der Waals surface area contributed by atoms with Gasteiger partial charge in [-0.3, -0.25) is 9.10 Å². The van der Waals surface area contributed by atoms with Gasteiger partial charge in [0.05, 0.1) is 24.6 Å². The molecule has 0 saturated carbocycles. The Morgan fingerprint density at radius 3 is 2.50 bits per heavy atom. The molecule has 1 N–H and O–H groups in total. The lowest BCUT2D eigenvalue weighted by atomic mass is 10.2. The van der Waals surface area contributed by atoms with Crippen LogP contribution in [0.1, 0.15) is 18.4 Å². The summed E-state index contributed by atoms with van der Waals surface area (Å²) in [5.74, 6) is -0.184. The Kier molecular flexibility index (Phi) is 7.28. The summed E-state index contributed by atoms with van der Waals surface area (Å²) >= 11 is 0. The number of amides is 1. The fourth-order valence-corrected chi connectivity index (χ4v) is 3.99. The minimum Gasteiger partial charge on any atom is -0.484 e. The van der Waals surface area contributed by atoms with Crippen LogP contribution in [0.4, 0.5) is 10.1 Å². The lowest BCUT2D eigenvalue weighted by Crippen LogP contribution is -2.35. The first kappa shape index (κ1) is 22.0. The Morgan fingerprint density at radius 1 is 1.20 bits per heavy atom. The number of halogens is 1. The minimum absolute atomic E-state index is 0.0660. The number of benzene rings is 2. The van der Waals surface area contributed by atoms with E-state index >= 15 is 0 Å². The first-order valence-electron chi connectivity index (χ1n) is 9.64. The fraction of sp³-hybridized carbons (Fsp3) is 0.381. The number of hydrogen-bond acceptors (Lipinski definition) is 5. The van der Waals surface area contributed by atoms with Crippen molar-refractivity contribution in [2.75, 3.05) is 30.3 Å². The number of sulfonamides is 1. The van der Waals surface area contributed by atoms with Crippen molar-refractivity contribution in [1.29, 1.82) is 0 Å². The lowest BCUT2D eigenvalue weighted by Gasteiger charge is -2.23. The van der Waals surface area contributed by atoms with Crippen LogP contribution in [-0.4, -0.2) is 46.4 Å². The molecule has 1 saturated heterocycles. The first-order chi connectivity index (χ1) is 14.3. The van der Waals surface area contributed by atoms with Crippen molar-refractivity contribution in [3.63, 3.8) is 0 Å². The van der Waals surface area contributed by atoms with Crippen molar-refractivity contribution in [3.8, 4) is 5.75 Å². The number of hydrogen-bond donors (Lipinski definition) is 1.